The quantitative estimate of drug-likeness (QED) is 0.669. The first kappa shape index (κ1) is 18.2. The molecule has 27 heavy (non-hydrogen) atoms. The highest BCUT2D eigenvalue weighted by Gasteiger charge is 2.13. The Balaban J connectivity index is 1.62. The molecule has 138 valence electrons. The first-order valence-electron chi connectivity index (χ1n) is 8.40. The van der Waals surface area contributed by atoms with E-state index in [1.165, 1.54) is 11.8 Å². The number of carbonyl (C=O) groups is 2. The van der Waals surface area contributed by atoms with Crippen molar-refractivity contribution in [3.63, 3.8) is 0 Å². The Kier molecular flexibility index (Phi) is 5.55. The molecule has 1 amide bonds. The van der Waals surface area contributed by atoms with Crippen LogP contribution in [0, 0.1) is 0 Å². The summed E-state index contributed by atoms with van der Waals surface area (Å²) in [7, 11) is 1.28. The maximum atomic E-state index is 12.4. The maximum absolute atomic E-state index is 12.4. The summed E-state index contributed by atoms with van der Waals surface area (Å²) in [6.07, 6.45) is 0.565. The van der Waals surface area contributed by atoms with Crippen LogP contribution in [0.25, 0.3) is 10.9 Å². The zero-order valence-corrected chi connectivity index (χ0v) is 14.7. The average Bonchev–Trinajstić information content (AvgIpc) is 2.70. The van der Waals surface area contributed by atoms with Gasteiger partial charge in [0, 0.05) is 13.0 Å². The van der Waals surface area contributed by atoms with Crippen LogP contribution in [0.15, 0.2) is 53.3 Å². The van der Waals surface area contributed by atoms with Crippen molar-refractivity contribution in [3.05, 3.63) is 64.4 Å². The number of methoxy groups -OCH3 is 1. The van der Waals surface area contributed by atoms with Crippen molar-refractivity contribution in [2.75, 3.05) is 12.4 Å². The first-order valence-corrected chi connectivity index (χ1v) is 8.40. The van der Waals surface area contributed by atoms with Gasteiger partial charge in [-0.3, -0.25) is 9.59 Å². The highest BCUT2D eigenvalue weighted by molar-refractivity contribution is 6.01. The number of aryl methyl sites for hydroxylation is 1. The van der Waals surface area contributed by atoms with Crippen LogP contribution in [0.3, 0.4) is 0 Å². The molecule has 1 heterocycles. The molecule has 1 N–H and O–H groups in total. The monoisotopic (exact) mass is 366 g/mol. The minimum absolute atomic E-state index is 0.163. The summed E-state index contributed by atoms with van der Waals surface area (Å²) in [5.74, 6) is -0.794. The lowest BCUT2D eigenvalue weighted by Gasteiger charge is -2.09. The zero-order valence-electron chi connectivity index (χ0n) is 14.7. The van der Waals surface area contributed by atoms with E-state index in [1.54, 1.807) is 48.5 Å². The van der Waals surface area contributed by atoms with Gasteiger partial charge < -0.3 is 10.1 Å². The summed E-state index contributed by atoms with van der Waals surface area (Å²) in [6.45, 7) is 0.267. The molecule has 0 aliphatic carbocycles. The van der Waals surface area contributed by atoms with E-state index in [4.69, 9.17) is 4.74 Å². The molecule has 0 atom stereocenters. The van der Waals surface area contributed by atoms with E-state index in [1.807, 2.05) is 0 Å². The number of amides is 1. The van der Waals surface area contributed by atoms with Gasteiger partial charge in [0.15, 0.2) is 0 Å². The number of para-hydroxylation sites is 1. The second-order valence-electron chi connectivity index (χ2n) is 5.82. The molecule has 3 aromatic rings. The Morgan fingerprint density at radius 1 is 1.11 bits per heavy atom. The molecule has 0 bridgehead atoms. The third-order valence-electron chi connectivity index (χ3n) is 4.01. The molecule has 0 saturated carbocycles. The molecule has 0 fully saturated rings. The molecule has 0 aliphatic heterocycles. The number of anilines is 1. The summed E-state index contributed by atoms with van der Waals surface area (Å²) < 4.78 is 5.95. The first-order chi connectivity index (χ1) is 13.1. The fourth-order valence-electron chi connectivity index (χ4n) is 2.65. The number of rotatable bonds is 6. The maximum Gasteiger partial charge on any atom is 0.339 e. The van der Waals surface area contributed by atoms with E-state index in [2.05, 4.69) is 15.6 Å². The molecular weight excluding hydrogens is 348 g/mol. The van der Waals surface area contributed by atoms with Crippen molar-refractivity contribution in [2.45, 2.75) is 19.4 Å². The summed E-state index contributed by atoms with van der Waals surface area (Å²) in [4.78, 5) is 36.3. The standard InChI is InChI=1S/C19H18N4O4/c1-27-19(26)14-8-3-4-9-15(14)20-17(24)11-6-12-23-18(25)13-7-2-5-10-16(13)21-22-23/h2-5,7-10H,6,11-12H2,1H3,(H,20,24). The van der Waals surface area contributed by atoms with Crippen LogP contribution in [0.4, 0.5) is 5.69 Å². The third kappa shape index (κ3) is 4.17. The molecular formula is C19H18N4O4. The van der Waals surface area contributed by atoms with Crippen LogP contribution >= 0.6 is 0 Å². The second-order valence-corrected chi connectivity index (χ2v) is 5.82. The molecule has 2 aromatic carbocycles. The van der Waals surface area contributed by atoms with E-state index in [0.717, 1.165) is 0 Å². The van der Waals surface area contributed by atoms with Crippen LogP contribution in [0.2, 0.25) is 0 Å². The average molecular weight is 366 g/mol. The van der Waals surface area contributed by atoms with Crippen molar-refractivity contribution in [3.8, 4) is 0 Å². The van der Waals surface area contributed by atoms with Crippen LogP contribution in [-0.2, 0) is 16.1 Å². The van der Waals surface area contributed by atoms with Crippen LogP contribution in [0.1, 0.15) is 23.2 Å². The van der Waals surface area contributed by atoms with E-state index in [0.29, 0.717) is 23.0 Å². The molecule has 8 heteroatoms. The highest BCUT2D eigenvalue weighted by Crippen LogP contribution is 2.16. The van der Waals surface area contributed by atoms with Crippen molar-refractivity contribution >= 4 is 28.5 Å². The lowest BCUT2D eigenvalue weighted by molar-refractivity contribution is -0.116. The molecule has 0 saturated heterocycles. The van der Waals surface area contributed by atoms with E-state index < -0.39 is 5.97 Å². The number of hydrogen-bond donors (Lipinski definition) is 1. The number of nitrogens with zero attached hydrogens (tertiary/aromatic N) is 3. The van der Waals surface area contributed by atoms with Gasteiger partial charge in [0.05, 0.1) is 23.7 Å². The smallest absolute Gasteiger partial charge is 0.339 e. The largest absolute Gasteiger partial charge is 0.465 e. The van der Waals surface area contributed by atoms with E-state index in [9.17, 15) is 14.4 Å². The lowest BCUT2D eigenvalue weighted by atomic mass is 10.1. The summed E-state index contributed by atoms with van der Waals surface area (Å²) >= 11 is 0. The summed E-state index contributed by atoms with van der Waals surface area (Å²) in [5, 5.41) is 11.1. The molecule has 0 unspecified atom stereocenters. The molecule has 0 aliphatic rings. The number of aromatic nitrogens is 3. The number of ether oxygens (including phenoxy) is 1. The van der Waals surface area contributed by atoms with Gasteiger partial charge in [-0.2, -0.15) is 0 Å². The Morgan fingerprint density at radius 2 is 1.85 bits per heavy atom. The Labute approximate surface area is 154 Å². The second kappa shape index (κ2) is 8.22. The van der Waals surface area contributed by atoms with Gasteiger partial charge in [-0.1, -0.05) is 29.5 Å². The van der Waals surface area contributed by atoms with Gasteiger partial charge in [-0.05, 0) is 30.7 Å². The SMILES string of the molecule is COC(=O)c1ccccc1NC(=O)CCCn1nnc2ccccc2c1=O. The van der Waals surface area contributed by atoms with Crippen LogP contribution < -0.4 is 10.9 Å². The predicted octanol–water partition coefficient (Wildman–Crippen LogP) is 2.00. The Hall–Kier alpha value is -3.55. The number of esters is 1. The fraction of sp³-hybridized carbons (Fsp3) is 0.211. The van der Waals surface area contributed by atoms with Gasteiger partial charge in [-0.15, -0.1) is 5.10 Å². The molecule has 0 radical (unpaired) electrons. The van der Waals surface area contributed by atoms with Gasteiger partial charge in [0.25, 0.3) is 5.56 Å². The minimum Gasteiger partial charge on any atom is -0.465 e. The van der Waals surface area contributed by atoms with Crippen molar-refractivity contribution < 1.29 is 14.3 Å². The predicted molar refractivity (Wildman–Crippen MR) is 99.4 cm³/mol. The van der Waals surface area contributed by atoms with E-state index in [-0.39, 0.29) is 30.0 Å². The number of benzene rings is 2. The fourth-order valence-corrected chi connectivity index (χ4v) is 2.65. The van der Waals surface area contributed by atoms with Crippen molar-refractivity contribution in [1.29, 1.82) is 0 Å². The molecule has 3 rings (SSSR count). The lowest BCUT2D eigenvalue weighted by Crippen LogP contribution is -2.25. The number of nitrogens with one attached hydrogen (secondary N) is 1. The van der Waals surface area contributed by atoms with E-state index >= 15 is 0 Å². The van der Waals surface area contributed by atoms with Gasteiger partial charge in [-0.25, -0.2) is 9.48 Å². The normalized spacial score (nSPS) is 10.6. The summed E-state index contributed by atoms with van der Waals surface area (Å²) in [6, 6.07) is 13.6. The number of hydrogen-bond acceptors (Lipinski definition) is 6. The Bertz CT molecular complexity index is 1050. The third-order valence-corrected chi connectivity index (χ3v) is 4.01. The molecule has 1 aromatic heterocycles. The number of carbonyl (C=O) groups excluding carboxylic acids is 2. The highest BCUT2D eigenvalue weighted by atomic mass is 16.5. The Morgan fingerprint density at radius 3 is 2.67 bits per heavy atom. The van der Waals surface area contributed by atoms with Crippen molar-refractivity contribution in [2.24, 2.45) is 0 Å². The van der Waals surface area contributed by atoms with Crippen LogP contribution in [-0.4, -0.2) is 34.0 Å². The minimum atomic E-state index is -0.524. The van der Waals surface area contributed by atoms with Gasteiger partial charge >= 0.3 is 5.97 Å². The zero-order chi connectivity index (χ0) is 19.2. The molecule has 8 nitrogen and oxygen atoms in total. The van der Waals surface area contributed by atoms with Gasteiger partial charge in [0.2, 0.25) is 5.91 Å². The molecule has 0 spiro atoms. The number of fused-ring (bicyclic) bond motifs is 1. The topological polar surface area (TPSA) is 103 Å². The van der Waals surface area contributed by atoms with Gasteiger partial charge in [0.1, 0.15) is 5.52 Å². The van der Waals surface area contributed by atoms with Crippen LogP contribution in [0.5, 0.6) is 0 Å². The van der Waals surface area contributed by atoms with Crippen molar-refractivity contribution in [1.82, 2.24) is 15.0 Å². The summed E-state index contributed by atoms with van der Waals surface area (Å²) in [5.41, 5.74) is 0.968.